The number of fused-ring (bicyclic) bond motifs is 2. The highest BCUT2D eigenvalue weighted by Crippen LogP contribution is 2.35. The second-order valence-corrected chi connectivity index (χ2v) is 15.6. The Labute approximate surface area is 324 Å². The summed E-state index contributed by atoms with van der Waals surface area (Å²) in [5, 5.41) is 14.6. The Morgan fingerprint density at radius 2 is 1.59 bits per heavy atom. The van der Waals surface area contributed by atoms with Crippen LogP contribution in [0, 0.1) is 19.8 Å². The van der Waals surface area contributed by atoms with Gasteiger partial charge in [0.2, 0.25) is 17.8 Å². The molecule has 14 nitrogen and oxygen atoms in total. The summed E-state index contributed by atoms with van der Waals surface area (Å²) in [6, 6.07) is 19.2. The number of aromatic nitrogens is 4. The fraction of sp³-hybridized carbons (Fsp3) is 0.357. The first-order chi connectivity index (χ1) is 27.1. The molecule has 1 unspecified atom stereocenters. The molecule has 1 atom stereocenters. The molecule has 4 aliphatic rings. The van der Waals surface area contributed by atoms with Gasteiger partial charge in [-0.2, -0.15) is 10.1 Å². The second-order valence-electron chi connectivity index (χ2n) is 15.6. The number of nitrogens with one attached hydrogen (secondary N) is 3. The molecule has 5 aromatic rings. The van der Waals surface area contributed by atoms with Crippen molar-refractivity contribution in [2.24, 2.45) is 13.0 Å². The lowest BCUT2D eigenvalue weighted by atomic mass is 9.88. The van der Waals surface area contributed by atoms with Gasteiger partial charge in [-0.15, -0.1) is 0 Å². The van der Waals surface area contributed by atoms with Gasteiger partial charge in [0, 0.05) is 62.3 Å². The number of carbonyl (C=O) groups excluding carboxylic acids is 4. The second kappa shape index (κ2) is 14.2. The number of hydrogen-bond donors (Lipinski definition) is 3. The first-order valence-corrected chi connectivity index (χ1v) is 19.3. The third-order valence-electron chi connectivity index (χ3n) is 11.8. The zero-order valence-corrected chi connectivity index (χ0v) is 31.7. The van der Waals surface area contributed by atoms with E-state index in [2.05, 4.69) is 92.1 Å². The summed E-state index contributed by atoms with van der Waals surface area (Å²) in [7, 11) is 1.89. The summed E-state index contributed by atoms with van der Waals surface area (Å²) in [5.74, 6) is 0.349. The minimum Gasteiger partial charge on any atom is -0.371 e. The fourth-order valence-corrected chi connectivity index (χ4v) is 8.65. The molecule has 286 valence electrons. The van der Waals surface area contributed by atoms with Crippen molar-refractivity contribution >= 4 is 63.5 Å². The molecule has 0 saturated carbocycles. The van der Waals surface area contributed by atoms with Gasteiger partial charge in [-0.25, -0.2) is 9.67 Å². The minimum absolute atomic E-state index is 0.102. The number of benzene rings is 3. The van der Waals surface area contributed by atoms with Gasteiger partial charge >= 0.3 is 0 Å². The predicted octanol–water partition coefficient (Wildman–Crippen LogP) is 5.18. The van der Waals surface area contributed by atoms with E-state index in [1.807, 2.05) is 19.3 Å². The van der Waals surface area contributed by atoms with Crippen LogP contribution in [0.25, 0.3) is 11.0 Å². The number of imide groups is 2. The van der Waals surface area contributed by atoms with Crippen LogP contribution in [0.3, 0.4) is 0 Å². The highest BCUT2D eigenvalue weighted by Gasteiger charge is 2.45. The lowest BCUT2D eigenvalue weighted by Crippen LogP contribution is -2.54. The summed E-state index contributed by atoms with van der Waals surface area (Å²) in [4.78, 5) is 65.6. The number of carbonyl (C=O) groups is 4. The van der Waals surface area contributed by atoms with E-state index in [0.717, 1.165) is 95.5 Å². The molecule has 0 radical (unpaired) electrons. The van der Waals surface area contributed by atoms with Crippen LogP contribution in [-0.4, -0.2) is 91.9 Å². The zero-order chi connectivity index (χ0) is 38.7. The van der Waals surface area contributed by atoms with E-state index >= 15 is 0 Å². The number of hydrogen-bond acceptors (Lipinski definition) is 11. The molecule has 9 rings (SSSR count). The van der Waals surface area contributed by atoms with Crippen LogP contribution >= 0.6 is 0 Å². The Balaban J connectivity index is 0.754. The summed E-state index contributed by atoms with van der Waals surface area (Å²) in [5.41, 5.74) is 7.90. The van der Waals surface area contributed by atoms with Crippen LogP contribution in [0.1, 0.15) is 69.0 Å². The summed E-state index contributed by atoms with van der Waals surface area (Å²) in [6.07, 6.45) is 4.27. The number of amides is 4. The average Bonchev–Trinajstić information content (AvgIpc) is 3.62. The Kier molecular flexibility index (Phi) is 8.99. The normalized spacial score (nSPS) is 19.4. The van der Waals surface area contributed by atoms with Gasteiger partial charge in [0.1, 0.15) is 6.04 Å². The largest absolute Gasteiger partial charge is 0.371 e. The lowest BCUT2D eigenvalue weighted by Gasteiger charge is -2.44. The van der Waals surface area contributed by atoms with Crippen LogP contribution in [0.5, 0.6) is 0 Å². The standard InChI is InChI=1S/C42H44N10O4/c1-24-5-4-6-25(2)36(24)46-37-33-20-43-42(47-38(33)49(3)48-37)44-29-9-7-27(8-10-29)28-15-17-50(18-16-28)21-26-22-51(23-26)30-11-12-31-32(19-30)41(56)52(40(31)55)34-13-14-35(53)45-39(34)54/h4-12,19-20,26,28,34H,13-18,21-23H2,1-3H3,(H,46,48)(H,43,44,47)(H,45,53,54). The molecular formula is C42H44N10O4. The Morgan fingerprint density at radius 1 is 0.857 bits per heavy atom. The molecule has 0 bridgehead atoms. The highest BCUT2D eigenvalue weighted by atomic mass is 16.2. The number of rotatable bonds is 9. The minimum atomic E-state index is -0.959. The number of piperidine rings is 2. The van der Waals surface area contributed by atoms with Gasteiger partial charge < -0.3 is 20.4 Å². The van der Waals surface area contributed by atoms with E-state index in [1.54, 1.807) is 16.8 Å². The van der Waals surface area contributed by atoms with Gasteiger partial charge in [-0.1, -0.05) is 30.3 Å². The van der Waals surface area contributed by atoms with Crippen LogP contribution < -0.4 is 20.9 Å². The summed E-state index contributed by atoms with van der Waals surface area (Å²) < 4.78 is 1.78. The van der Waals surface area contributed by atoms with Gasteiger partial charge in [0.25, 0.3) is 11.8 Å². The van der Waals surface area contributed by atoms with Gasteiger partial charge in [0.15, 0.2) is 11.5 Å². The third-order valence-corrected chi connectivity index (χ3v) is 11.8. The molecule has 0 aliphatic carbocycles. The van der Waals surface area contributed by atoms with E-state index in [1.165, 1.54) is 5.56 Å². The van der Waals surface area contributed by atoms with Gasteiger partial charge in [0.05, 0.1) is 16.5 Å². The molecule has 3 fully saturated rings. The van der Waals surface area contributed by atoms with Crippen LogP contribution in [0.15, 0.2) is 66.9 Å². The molecule has 0 spiro atoms. The van der Waals surface area contributed by atoms with Crippen molar-refractivity contribution in [2.45, 2.75) is 51.5 Å². The molecule has 4 aliphatic heterocycles. The van der Waals surface area contributed by atoms with E-state index in [0.29, 0.717) is 28.9 Å². The first kappa shape index (κ1) is 35.5. The van der Waals surface area contributed by atoms with E-state index in [-0.39, 0.29) is 18.7 Å². The van der Waals surface area contributed by atoms with Gasteiger partial charge in [-0.3, -0.25) is 29.4 Å². The quantitative estimate of drug-likeness (QED) is 0.170. The lowest BCUT2D eigenvalue weighted by molar-refractivity contribution is -0.136. The molecule has 14 heteroatoms. The van der Waals surface area contributed by atoms with Crippen molar-refractivity contribution in [3.05, 3.63) is 94.7 Å². The molecule has 3 aromatic carbocycles. The summed E-state index contributed by atoms with van der Waals surface area (Å²) >= 11 is 0. The van der Waals surface area contributed by atoms with E-state index < -0.39 is 23.8 Å². The zero-order valence-electron chi connectivity index (χ0n) is 31.7. The fourth-order valence-electron chi connectivity index (χ4n) is 8.65. The summed E-state index contributed by atoms with van der Waals surface area (Å²) in [6.45, 7) is 9.05. The van der Waals surface area contributed by atoms with Crippen molar-refractivity contribution < 1.29 is 19.2 Å². The third kappa shape index (κ3) is 6.53. The SMILES string of the molecule is Cc1cccc(C)c1Nc1nn(C)c2nc(Nc3ccc(C4CCN(CC5CN(c6ccc7c(c6)C(=O)N(C6CCC(=O)NC6=O)C7=O)C5)CC4)cc3)ncc12. The van der Waals surface area contributed by atoms with Crippen molar-refractivity contribution in [3.63, 3.8) is 0 Å². The van der Waals surface area contributed by atoms with E-state index in [9.17, 15) is 19.2 Å². The first-order valence-electron chi connectivity index (χ1n) is 19.3. The molecule has 56 heavy (non-hydrogen) atoms. The molecule has 3 N–H and O–H groups in total. The molecule has 3 saturated heterocycles. The number of anilines is 5. The van der Waals surface area contributed by atoms with Crippen LogP contribution in [-0.2, 0) is 16.6 Å². The maximum absolute atomic E-state index is 13.3. The Hall–Kier alpha value is -6.15. The van der Waals surface area contributed by atoms with Crippen molar-refractivity contribution in [3.8, 4) is 0 Å². The topological polar surface area (TPSA) is 158 Å². The van der Waals surface area contributed by atoms with Crippen molar-refractivity contribution in [2.75, 3.05) is 48.3 Å². The molecule has 2 aromatic heterocycles. The number of likely N-dealkylation sites (tertiary alicyclic amines) is 1. The number of para-hydroxylation sites is 1. The van der Waals surface area contributed by atoms with E-state index in [4.69, 9.17) is 4.98 Å². The maximum Gasteiger partial charge on any atom is 0.262 e. The van der Waals surface area contributed by atoms with Crippen molar-refractivity contribution in [1.82, 2.24) is 34.9 Å². The average molecular weight is 753 g/mol. The monoisotopic (exact) mass is 752 g/mol. The molecular weight excluding hydrogens is 709 g/mol. The maximum atomic E-state index is 13.3. The molecule has 4 amide bonds. The highest BCUT2D eigenvalue weighted by molar-refractivity contribution is 6.23. The number of aryl methyl sites for hydroxylation is 3. The molecule has 6 heterocycles. The van der Waals surface area contributed by atoms with Crippen LogP contribution in [0.2, 0.25) is 0 Å². The Bertz CT molecular complexity index is 2370. The smallest absolute Gasteiger partial charge is 0.262 e. The number of nitrogens with zero attached hydrogens (tertiary/aromatic N) is 7. The van der Waals surface area contributed by atoms with Crippen LogP contribution in [0.4, 0.5) is 28.8 Å². The Morgan fingerprint density at radius 3 is 2.32 bits per heavy atom. The van der Waals surface area contributed by atoms with Crippen molar-refractivity contribution in [1.29, 1.82) is 0 Å². The predicted molar refractivity (Wildman–Crippen MR) is 212 cm³/mol. The van der Waals surface area contributed by atoms with Gasteiger partial charge in [-0.05, 0) is 99.1 Å².